The van der Waals surface area contributed by atoms with E-state index in [4.69, 9.17) is 68.7 Å². The van der Waals surface area contributed by atoms with Gasteiger partial charge in [-0.05, 0) is 233 Å². The monoisotopic (exact) mass is 1690 g/mol. The molecule has 0 radical (unpaired) electrons. The summed E-state index contributed by atoms with van der Waals surface area (Å²) in [5, 5.41) is 11.6. The molecule has 0 spiro atoms. The predicted molar refractivity (Wildman–Crippen MR) is 458 cm³/mol. The molecule has 28 heteroatoms. The first-order chi connectivity index (χ1) is 56.3. The number of carbonyl (C=O) groups is 3. The zero-order chi connectivity index (χ0) is 86.3. The van der Waals surface area contributed by atoms with Crippen molar-refractivity contribution < 1.29 is 87.3 Å². The molecule has 119 heavy (non-hydrogen) atoms. The quantitative estimate of drug-likeness (QED) is 0.0318. The third-order valence-corrected chi connectivity index (χ3v) is 23.1. The van der Waals surface area contributed by atoms with Gasteiger partial charge in [-0.25, -0.2) is 8.93 Å². The van der Waals surface area contributed by atoms with E-state index in [9.17, 15) is 36.0 Å². The van der Waals surface area contributed by atoms with Crippen molar-refractivity contribution in [1.82, 2.24) is 19.7 Å². The molecule has 6 aromatic heterocycles. The van der Waals surface area contributed by atoms with E-state index in [0.717, 1.165) is 61.3 Å². The molecule has 2 atom stereocenters. The van der Waals surface area contributed by atoms with Crippen molar-refractivity contribution in [3.8, 4) is 39.5 Å². The van der Waals surface area contributed by atoms with E-state index in [1.54, 1.807) is 50.6 Å². The first-order valence-electron chi connectivity index (χ1n) is 38.8. The Morgan fingerprint density at radius 3 is 1.37 bits per heavy atom. The van der Waals surface area contributed by atoms with Crippen LogP contribution in [-0.4, -0.2) is 93.2 Å². The molecule has 12 aromatic rings. The molecule has 21 nitrogen and oxygen atoms in total. The van der Waals surface area contributed by atoms with Crippen LogP contribution in [0.5, 0.6) is 17.2 Å². The number of pyridine rings is 3. The Hall–Kier alpha value is -10.5. The Morgan fingerprint density at radius 2 is 0.941 bits per heavy atom. The van der Waals surface area contributed by atoms with E-state index < -0.39 is 68.9 Å². The molecule has 1 aliphatic rings. The normalized spacial score (nSPS) is 13.5. The van der Waals surface area contributed by atoms with Crippen LogP contribution >= 0.6 is 11.6 Å². The van der Waals surface area contributed by atoms with Gasteiger partial charge in [-0.3, -0.25) is 33.5 Å². The Morgan fingerprint density at radius 1 is 0.529 bits per heavy atom. The molecule has 0 saturated carbocycles. The van der Waals surface area contributed by atoms with E-state index in [0.29, 0.717) is 121 Å². The van der Waals surface area contributed by atoms with Crippen LogP contribution < -0.4 is 30.1 Å². The van der Waals surface area contributed by atoms with Crippen LogP contribution in [0.4, 0.5) is 13.2 Å². The number of rotatable bonds is 27. The van der Waals surface area contributed by atoms with Gasteiger partial charge in [0, 0.05) is 131 Å². The topological polar surface area (TPSA) is 286 Å². The van der Waals surface area contributed by atoms with Gasteiger partial charge in [-0.1, -0.05) is 54.1 Å². The lowest BCUT2D eigenvalue weighted by Gasteiger charge is -2.32. The zero-order valence-corrected chi connectivity index (χ0v) is 71.9. The lowest BCUT2D eigenvalue weighted by Crippen LogP contribution is -2.41. The highest BCUT2D eigenvalue weighted by atomic mass is 35.5. The lowest BCUT2D eigenvalue weighted by atomic mass is 9.77. The Labute approximate surface area is 701 Å². The summed E-state index contributed by atoms with van der Waals surface area (Å²) in [6.45, 7) is 30.6. The summed E-state index contributed by atoms with van der Waals surface area (Å²) in [4.78, 5) is 48.0. The molecule has 0 aliphatic carbocycles. The SMILES string of the molecule is CC(C)(C)[S@](=O)CCc1cc(Cl)ccn1.CCOC(=O)Cc1ccc(C)cc1OCc1cc(-c2ccnc(CN[S@@](=O)C(C)(C)C)c2)c2oc(F)cc2c1.CCOC(=O)Cc1ccc(C)cc1OCc1cc(B2OC(C)(C)C(C)(C)O2)c2oc(F)cc2c1.Cc1ccc(CC(=O)O)c(OCc2cc(-c3ccnc(CN)c3)c3oc(F)cc3c2)c1. The van der Waals surface area contributed by atoms with Crippen molar-refractivity contribution in [3.05, 3.63) is 254 Å². The lowest BCUT2D eigenvalue weighted by molar-refractivity contribution is -0.143. The van der Waals surface area contributed by atoms with Crippen LogP contribution in [0.15, 0.2) is 177 Å². The first kappa shape index (κ1) is 90.8. The number of aliphatic carboxylic acids is 1. The number of hydrogen-bond acceptors (Lipinski definition) is 19. The van der Waals surface area contributed by atoms with Gasteiger partial charge in [0.25, 0.3) is 18.0 Å². The Bertz CT molecular complexity index is 5650. The van der Waals surface area contributed by atoms with Crippen molar-refractivity contribution in [2.24, 2.45) is 5.73 Å². The fourth-order valence-electron chi connectivity index (χ4n) is 12.6. The number of nitrogens with two attached hydrogens (primary N) is 1. The van der Waals surface area contributed by atoms with Crippen LogP contribution in [-0.2, 0) is 114 Å². The van der Waals surface area contributed by atoms with Gasteiger partial charge in [0.2, 0.25) is 0 Å². The summed E-state index contributed by atoms with van der Waals surface area (Å²) in [5.74, 6) is 0.775. The van der Waals surface area contributed by atoms with Gasteiger partial charge >= 0.3 is 25.0 Å². The number of carboxylic acid groups (broad SMARTS) is 1. The highest BCUT2D eigenvalue weighted by molar-refractivity contribution is 7.86. The molecule has 0 unspecified atom stereocenters. The van der Waals surface area contributed by atoms with Crippen LogP contribution in [0.2, 0.25) is 5.02 Å². The number of nitrogens with one attached hydrogen (secondary N) is 1. The zero-order valence-electron chi connectivity index (χ0n) is 69.5. The average Bonchev–Trinajstić information content (AvgIpc) is 1.61. The molecule has 7 heterocycles. The molecule has 1 saturated heterocycles. The van der Waals surface area contributed by atoms with Gasteiger partial charge in [-0.15, -0.1) is 0 Å². The van der Waals surface area contributed by atoms with E-state index in [1.165, 1.54) is 18.2 Å². The summed E-state index contributed by atoms with van der Waals surface area (Å²) >= 11 is 5.83. The largest absolute Gasteiger partial charge is 0.498 e. The van der Waals surface area contributed by atoms with Gasteiger partial charge in [0.15, 0.2) is 0 Å². The number of fused-ring (bicyclic) bond motifs is 3. The molecule has 1 fully saturated rings. The van der Waals surface area contributed by atoms with Gasteiger partial charge in [0.05, 0.1) is 77.3 Å². The standard InChI is InChI=1S/C30H33FN2O5S.C26H30BFO6.C24H21FN2O4.C11H16ClNOS/c1-6-36-28(34)16-22-8-7-19(2)11-26(22)37-18-20-12-23-15-27(31)38-29(23)25(13-20)21-9-10-32-24(14-21)17-33-39(35)30(3,4)5;1-7-30-23(29)14-18-9-8-16(2)10-21(18)31-15-17-11-19-13-22(28)32-24(19)20(12-17)27-33-25(3,4)26(5,6)34-27;1-14-2-3-17(11-23(28)29)21(6-14)30-13-15-7-18-10-22(25)31-24(18)20(8-15)16-4-5-27-19(9-16)12-26;1-11(2,3)15(14)7-5-10-8-9(12)4-6-13-10/h7-15,33H,6,16-18H2,1-5H3;8-13H,7,14-15H2,1-6H3;2-10H,11-13,26H2,1H3,(H,28,29);4,6,8H,5,7H2,1-3H3/t39-;;;15-/m0..1/s1. The van der Waals surface area contributed by atoms with E-state index >= 15 is 0 Å². The molecule has 0 amide bonds. The van der Waals surface area contributed by atoms with Crippen LogP contribution in [0.25, 0.3) is 55.2 Å². The third kappa shape index (κ3) is 25.1. The number of benzene rings is 6. The number of aromatic nitrogens is 3. The van der Waals surface area contributed by atoms with Crippen molar-refractivity contribution in [2.45, 2.75) is 183 Å². The molecule has 13 rings (SSSR count). The average molecular weight is 1690 g/mol. The highest BCUT2D eigenvalue weighted by Gasteiger charge is 2.52. The van der Waals surface area contributed by atoms with Gasteiger partial charge in [0.1, 0.15) is 53.8 Å². The number of nitrogens with zero attached hydrogens (tertiary/aromatic N) is 3. The minimum atomic E-state index is -1.25. The fourth-order valence-corrected chi connectivity index (χ4v) is 14.5. The highest BCUT2D eigenvalue weighted by Crippen LogP contribution is 2.40. The number of halogens is 4. The maximum atomic E-state index is 14.2. The molecule has 4 N–H and O–H groups in total. The second-order valence-electron chi connectivity index (χ2n) is 31.6. The molecule has 0 bridgehead atoms. The summed E-state index contributed by atoms with van der Waals surface area (Å²) in [6.07, 6.45) is 5.79. The summed E-state index contributed by atoms with van der Waals surface area (Å²) in [5.41, 5.74) is 19.1. The minimum Gasteiger partial charge on any atom is -0.489 e. The molecule has 6 aromatic carbocycles. The number of aryl methyl sites for hydroxylation is 4. The second-order valence-corrected chi connectivity index (χ2v) is 36.4. The van der Waals surface area contributed by atoms with Gasteiger partial charge in [-0.2, -0.15) is 13.2 Å². The second kappa shape index (κ2) is 40.0. The van der Waals surface area contributed by atoms with Crippen molar-refractivity contribution >= 4 is 96.8 Å². The molecular weight excluding hydrogens is 1590 g/mol. The van der Waals surface area contributed by atoms with Crippen molar-refractivity contribution in [3.63, 3.8) is 0 Å². The van der Waals surface area contributed by atoms with Crippen LogP contribution in [0, 0.1) is 38.8 Å². The maximum Gasteiger partial charge on any atom is 0.498 e. The van der Waals surface area contributed by atoms with Crippen LogP contribution in [0.1, 0.15) is 150 Å². The molecule has 628 valence electrons. The number of ether oxygens (including phenoxy) is 5. The first-order valence-corrected chi connectivity index (χ1v) is 41.7. The third-order valence-electron chi connectivity index (χ3n) is 19.4. The number of furan rings is 3. The molecular formula is C91H100BClF3N5O16S2. The Balaban J connectivity index is 0.000000173. The number of carbonyl (C=O) groups excluding carboxylic acids is 2. The smallest absolute Gasteiger partial charge is 0.489 e. The number of carboxylic acids is 1. The maximum absolute atomic E-state index is 14.2. The summed E-state index contributed by atoms with van der Waals surface area (Å²) < 4.78 is 126. The van der Waals surface area contributed by atoms with Crippen molar-refractivity contribution in [1.29, 1.82) is 0 Å². The van der Waals surface area contributed by atoms with E-state index in [1.807, 2.05) is 199 Å². The van der Waals surface area contributed by atoms with E-state index in [-0.39, 0.29) is 62.3 Å². The molecule has 1 aliphatic heterocycles. The summed E-state index contributed by atoms with van der Waals surface area (Å²) in [7, 11) is -2.78. The number of hydrogen-bond donors (Lipinski definition) is 3. The minimum absolute atomic E-state index is 0.106. The predicted octanol–water partition coefficient (Wildman–Crippen LogP) is 18.5. The van der Waals surface area contributed by atoms with E-state index in [2.05, 4.69) is 19.7 Å². The summed E-state index contributed by atoms with van der Waals surface area (Å²) in [6, 6.07) is 40.7. The number of esters is 2. The van der Waals surface area contributed by atoms with Crippen LogP contribution in [0.3, 0.4) is 0 Å². The van der Waals surface area contributed by atoms with Crippen molar-refractivity contribution in [2.75, 3.05) is 19.0 Å². The Kier molecular flexibility index (Phi) is 30.5. The van der Waals surface area contributed by atoms with Gasteiger partial charge < -0.3 is 57.1 Å². The fraction of sp³-hybridized carbons (Fsp3) is 0.341.